The van der Waals surface area contributed by atoms with Gasteiger partial charge in [0.1, 0.15) is 5.01 Å². The van der Waals surface area contributed by atoms with Gasteiger partial charge < -0.3 is 4.98 Å². The van der Waals surface area contributed by atoms with Crippen molar-refractivity contribution in [1.82, 2.24) is 9.97 Å². The zero-order valence-corrected chi connectivity index (χ0v) is 7.89. The number of hydrogen-bond donors (Lipinski definition) is 1. The van der Waals surface area contributed by atoms with E-state index in [1.807, 2.05) is 25.4 Å². The Morgan fingerprint density at radius 2 is 2.46 bits per heavy atom. The normalized spacial score (nSPS) is 10.2. The first-order chi connectivity index (χ1) is 6.31. The highest BCUT2D eigenvalue weighted by Crippen LogP contribution is 2.26. The summed E-state index contributed by atoms with van der Waals surface area (Å²) in [4.78, 5) is 18.5. The maximum absolute atomic E-state index is 10.6. The van der Waals surface area contributed by atoms with Gasteiger partial charge in [0.2, 0.25) is 0 Å². The fourth-order valence-corrected chi connectivity index (χ4v) is 1.98. The van der Waals surface area contributed by atoms with Crippen molar-refractivity contribution < 1.29 is 4.79 Å². The van der Waals surface area contributed by atoms with Crippen LogP contribution in [0.15, 0.2) is 18.5 Å². The highest BCUT2D eigenvalue weighted by molar-refractivity contribution is 7.16. The number of nitrogens with zero attached hydrogens (tertiary/aromatic N) is 1. The average Bonchev–Trinajstić information content (AvgIpc) is 2.71. The van der Waals surface area contributed by atoms with Crippen molar-refractivity contribution in [2.75, 3.05) is 0 Å². The van der Waals surface area contributed by atoms with Crippen molar-refractivity contribution in [2.24, 2.45) is 0 Å². The Morgan fingerprint density at radius 1 is 1.62 bits per heavy atom. The number of nitrogens with one attached hydrogen (secondary N) is 1. The molecule has 2 aromatic rings. The van der Waals surface area contributed by atoms with E-state index in [4.69, 9.17) is 0 Å². The van der Waals surface area contributed by atoms with E-state index >= 15 is 0 Å². The van der Waals surface area contributed by atoms with Crippen LogP contribution in [0.3, 0.4) is 0 Å². The number of thiazole rings is 1. The van der Waals surface area contributed by atoms with Gasteiger partial charge in [-0.2, -0.15) is 0 Å². The third-order valence-corrected chi connectivity index (χ3v) is 2.92. The molecule has 0 unspecified atom stereocenters. The van der Waals surface area contributed by atoms with Gasteiger partial charge in [0.05, 0.1) is 10.6 Å². The number of aromatic amines is 1. The summed E-state index contributed by atoms with van der Waals surface area (Å²) in [6, 6.07) is 1.94. The molecule has 0 aromatic carbocycles. The monoisotopic (exact) mass is 192 g/mol. The zero-order valence-electron chi connectivity index (χ0n) is 7.07. The quantitative estimate of drug-likeness (QED) is 0.742. The van der Waals surface area contributed by atoms with Gasteiger partial charge >= 0.3 is 0 Å². The second-order valence-electron chi connectivity index (χ2n) is 2.69. The number of carbonyl (C=O) groups excluding carboxylic acids is 1. The van der Waals surface area contributed by atoms with Crippen LogP contribution >= 0.6 is 11.3 Å². The number of H-pyrrole nitrogens is 1. The van der Waals surface area contributed by atoms with Crippen molar-refractivity contribution in [3.05, 3.63) is 29.0 Å². The zero-order chi connectivity index (χ0) is 9.26. The van der Waals surface area contributed by atoms with Gasteiger partial charge in [-0.1, -0.05) is 0 Å². The third-order valence-electron chi connectivity index (χ3n) is 1.78. The molecule has 0 aliphatic rings. The predicted octanol–water partition coefficient (Wildman–Crippen LogP) is 2.26. The fourth-order valence-electron chi connectivity index (χ4n) is 1.10. The van der Waals surface area contributed by atoms with Crippen LogP contribution in [0.5, 0.6) is 0 Å². The molecule has 4 heteroatoms. The first-order valence-electron chi connectivity index (χ1n) is 3.87. The number of aldehydes is 1. The van der Waals surface area contributed by atoms with Gasteiger partial charge in [0.15, 0.2) is 6.29 Å². The van der Waals surface area contributed by atoms with Crippen molar-refractivity contribution >= 4 is 17.6 Å². The summed E-state index contributed by atoms with van der Waals surface area (Å²) in [5, 5.41) is 0.890. The summed E-state index contributed by atoms with van der Waals surface area (Å²) >= 11 is 1.42. The van der Waals surface area contributed by atoms with Crippen LogP contribution in [-0.2, 0) is 0 Å². The van der Waals surface area contributed by atoms with Crippen LogP contribution in [0.1, 0.15) is 15.4 Å². The molecular formula is C9H8N2OS. The van der Waals surface area contributed by atoms with Gasteiger partial charge in [-0.3, -0.25) is 4.79 Å². The summed E-state index contributed by atoms with van der Waals surface area (Å²) < 4.78 is 0. The molecule has 0 aliphatic carbocycles. The van der Waals surface area contributed by atoms with Crippen LogP contribution in [0, 0.1) is 6.92 Å². The minimum atomic E-state index is 0.705. The summed E-state index contributed by atoms with van der Waals surface area (Å²) in [7, 11) is 0. The molecule has 3 nitrogen and oxygen atoms in total. The Bertz CT molecular complexity index is 417. The number of hydrogen-bond acceptors (Lipinski definition) is 3. The highest BCUT2D eigenvalue weighted by Gasteiger charge is 2.07. The molecule has 0 saturated carbocycles. The van der Waals surface area contributed by atoms with E-state index in [-0.39, 0.29) is 0 Å². The molecule has 2 heterocycles. The van der Waals surface area contributed by atoms with Crippen LogP contribution < -0.4 is 0 Å². The molecule has 2 rings (SSSR count). The minimum absolute atomic E-state index is 0.705. The molecule has 0 radical (unpaired) electrons. The summed E-state index contributed by atoms with van der Waals surface area (Å²) in [6.45, 7) is 1.84. The SMILES string of the molecule is Cc1nc(-c2cc[nH]c2)sc1C=O. The lowest BCUT2D eigenvalue weighted by molar-refractivity contribution is 0.112. The van der Waals surface area contributed by atoms with Crippen molar-refractivity contribution in [3.8, 4) is 10.6 Å². The van der Waals surface area contributed by atoms with E-state index in [2.05, 4.69) is 9.97 Å². The molecule has 0 bridgehead atoms. The maximum atomic E-state index is 10.6. The Morgan fingerprint density at radius 3 is 3.00 bits per heavy atom. The van der Waals surface area contributed by atoms with Gasteiger partial charge in [0.25, 0.3) is 0 Å². The van der Waals surface area contributed by atoms with Gasteiger partial charge in [-0.15, -0.1) is 11.3 Å². The molecule has 0 saturated heterocycles. The van der Waals surface area contributed by atoms with Gasteiger partial charge in [-0.25, -0.2) is 4.98 Å². The van der Waals surface area contributed by atoms with Crippen LogP contribution in [-0.4, -0.2) is 16.3 Å². The topological polar surface area (TPSA) is 45.8 Å². The summed E-state index contributed by atoms with van der Waals surface area (Å²) in [6.07, 6.45) is 4.56. The summed E-state index contributed by atoms with van der Waals surface area (Å²) in [5.74, 6) is 0. The van der Waals surface area contributed by atoms with E-state index < -0.39 is 0 Å². The second-order valence-corrected chi connectivity index (χ2v) is 3.72. The number of rotatable bonds is 2. The van der Waals surface area contributed by atoms with Gasteiger partial charge in [0, 0.05) is 18.0 Å². The molecule has 1 N–H and O–H groups in total. The Labute approximate surface area is 79.4 Å². The van der Waals surface area contributed by atoms with E-state index in [1.54, 1.807) is 0 Å². The Hall–Kier alpha value is -1.42. The largest absolute Gasteiger partial charge is 0.367 e. The molecular weight excluding hydrogens is 184 g/mol. The lowest BCUT2D eigenvalue weighted by Crippen LogP contribution is -1.77. The number of aryl methyl sites for hydroxylation is 1. The standard InChI is InChI=1S/C9H8N2OS/c1-6-8(5-12)13-9(11-6)7-2-3-10-4-7/h2-5,10H,1H3. The van der Waals surface area contributed by atoms with Crippen LogP contribution in [0.2, 0.25) is 0 Å². The van der Waals surface area contributed by atoms with Crippen molar-refractivity contribution in [3.63, 3.8) is 0 Å². The van der Waals surface area contributed by atoms with Crippen LogP contribution in [0.25, 0.3) is 10.6 Å². The highest BCUT2D eigenvalue weighted by atomic mass is 32.1. The molecule has 0 spiro atoms. The molecule has 0 atom stereocenters. The maximum Gasteiger partial charge on any atom is 0.161 e. The lowest BCUT2D eigenvalue weighted by Gasteiger charge is -1.84. The molecule has 0 fully saturated rings. The summed E-state index contributed by atoms with van der Waals surface area (Å²) in [5.41, 5.74) is 1.83. The number of carbonyl (C=O) groups is 1. The van der Waals surface area contributed by atoms with E-state index in [9.17, 15) is 4.79 Å². The Kier molecular flexibility index (Phi) is 1.98. The predicted molar refractivity (Wildman–Crippen MR) is 52.0 cm³/mol. The number of aromatic nitrogens is 2. The smallest absolute Gasteiger partial charge is 0.161 e. The second kappa shape index (κ2) is 3.14. The van der Waals surface area contributed by atoms with E-state index in [0.717, 1.165) is 22.6 Å². The third kappa shape index (κ3) is 1.40. The molecule has 0 amide bonds. The van der Waals surface area contributed by atoms with E-state index in [0.29, 0.717) is 4.88 Å². The molecule has 13 heavy (non-hydrogen) atoms. The molecule has 66 valence electrons. The fraction of sp³-hybridized carbons (Fsp3) is 0.111. The first kappa shape index (κ1) is 8.19. The van der Waals surface area contributed by atoms with E-state index in [1.165, 1.54) is 11.3 Å². The van der Waals surface area contributed by atoms with Gasteiger partial charge in [-0.05, 0) is 13.0 Å². The molecule has 2 aromatic heterocycles. The Balaban J connectivity index is 2.48. The molecule has 0 aliphatic heterocycles. The minimum Gasteiger partial charge on any atom is -0.367 e. The first-order valence-corrected chi connectivity index (χ1v) is 4.68. The lowest BCUT2D eigenvalue weighted by atomic mass is 10.3. The van der Waals surface area contributed by atoms with Crippen molar-refractivity contribution in [1.29, 1.82) is 0 Å². The van der Waals surface area contributed by atoms with Crippen LogP contribution in [0.4, 0.5) is 0 Å². The van der Waals surface area contributed by atoms with Crippen molar-refractivity contribution in [2.45, 2.75) is 6.92 Å². The average molecular weight is 192 g/mol.